The number of nitrogens with zero attached hydrogens (tertiary/aromatic N) is 2. The molecule has 1 aromatic carbocycles. The van der Waals surface area contributed by atoms with Crippen molar-refractivity contribution in [3.8, 4) is 0 Å². The summed E-state index contributed by atoms with van der Waals surface area (Å²) in [6.07, 6.45) is 4.76. The van der Waals surface area contributed by atoms with E-state index in [-0.39, 0.29) is 30.6 Å². The molecular formula is C19H20FN3O4. The summed E-state index contributed by atoms with van der Waals surface area (Å²) < 4.78 is 13.1. The first kappa shape index (κ1) is 18.8. The third-order valence-corrected chi connectivity index (χ3v) is 4.81. The van der Waals surface area contributed by atoms with Crippen LogP contribution in [0.15, 0.2) is 36.4 Å². The number of imide groups is 1. The molecule has 0 aromatic heterocycles. The maximum Gasteiger partial charge on any atom is 0.243 e. The lowest BCUT2D eigenvalue weighted by molar-refractivity contribution is -0.146. The highest BCUT2D eigenvalue weighted by molar-refractivity contribution is 6.07. The predicted molar refractivity (Wildman–Crippen MR) is 94.7 cm³/mol. The largest absolute Gasteiger partial charge is 0.335 e. The number of hydrogen-bond acceptors (Lipinski definition) is 4. The first-order chi connectivity index (χ1) is 12.9. The van der Waals surface area contributed by atoms with Gasteiger partial charge in [-0.25, -0.2) is 4.39 Å². The summed E-state index contributed by atoms with van der Waals surface area (Å²) in [5.74, 6) is -2.96. The number of nitrogens with one attached hydrogen (secondary N) is 1. The van der Waals surface area contributed by atoms with Crippen molar-refractivity contribution in [1.29, 1.82) is 0 Å². The number of fused-ring (bicyclic) bond motifs is 1. The topological polar surface area (TPSA) is 86.8 Å². The summed E-state index contributed by atoms with van der Waals surface area (Å²) in [6.45, 7) is -0.658. The van der Waals surface area contributed by atoms with Crippen molar-refractivity contribution in [2.24, 2.45) is 11.8 Å². The van der Waals surface area contributed by atoms with Crippen LogP contribution in [0.2, 0.25) is 0 Å². The minimum atomic E-state index is -0.516. The molecule has 0 radical (unpaired) electrons. The fraction of sp³-hybridized carbons (Fsp3) is 0.368. The lowest BCUT2D eigenvalue weighted by Crippen LogP contribution is -2.44. The predicted octanol–water partition coefficient (Wildman–Crippen LogP) is 1.17. The fourth-order valence-corrected chi connectivity index (χ4v) is 3.35. The van der Waals surface area contributed by atoms with Gasteiger partial charge in [-0.2, -0.15) is 0 Å². The van der Waals surface area contributed by atoms with Crippen molar-refractivity contribution >= 4 is 29.3 Å². The Morgan fingerprint density at radius 3 is 2.41 bits per heavy atom. The van der Waals surface area contributed by atoms with Crippen LogP contribution >= 0.6 is 0 Å². The van der Waals surface area contributed by atoms with Gasteiger partial charge in [0.15, 0.2) is 0 Å². The molecule has 27 heavy (non-hydrogen) atoms. The van der Waals surface area contributed by atoms with E-state index in [0.717, 1.165) is 15.9 Å². The van der Waals surface area contributed by atoms with Crippen LogP contribution in [-0.4, -0.2) is 53.6 Å². The van der Waals surface area contributed by atoms with Crippen molar-refractivity contribution in [2.75, 3.05) is 25.5 Å². The highest BCUT2D eigenvalue weighted by Crippen LogP contribution is 2.34. The number of carbonyl (C=O) groups excluding carboxylic acids is 4. The molecule has 1 aromatic rings. The Morgan fingerprint density at radius 2 is 1.81 bits per heavy atom. The van der Waals surface area contributed by atoms with Gasteiger partial charge in [0.25, 0.3) is 0 Å². The molecule has 0 spiro atoms. The summed E-state index contributed by atoms with van der Waals surface area (Å²) in [5, 5.41) is 2.49. The fourth-order valence-electron chi connectivity index (χ4n) is 3.35. The number of likely N-dealkylation sites (tertiary alicyclic amines) is 1. The van der Waals surface area contributed by atoms with E-state index in [1.54, 1.807) is 0 Å². The van der Waals surface area contributed by atoms with Gasteiger partial charge in [-0.1, -0.05) is 18.2 Å². The Kier molecular flexibility index (Phi) is 5.34. The average molecular weight is 373 g/mol. The Balaban J connectivity index is 1.55. The molecule has 1 aliphatic heterocycles. The van der Waals surface area contributed by atoms with Gasteiger partial charge < -0.3 is 10.2 Å². The van der Waals surface area contributed by atoms with Crippen LogP contribution in [0.25, 0.3) is 0 Å². The van der Waals surface area contributed by atoms with E-state index >= 15 is 0 Å². The molecule has 1 heterocycles. The molecule has 7 nitrogen and oxygen atoms in total. The minimum Gasteiger partial charge on any atom is -0.335 e. The maximum absolute atomic E-state index is 13.1. The number of allylic oxidation sites excluding steroid dienone is 2. The first-order valence-corrected chi connectivity index (χ1v) is 8.66. The standard InChI is InChI=1S/C19H20FN3O4/c1-22(10-16(24)21-13-6-4-5-12(20)9-13)17(25)11-23-18(26)14-7-2-3-8-15(14)19(23)27/h2-6,9,14-15H,7-8,10-11H2,1H3,(H,21,24)/t14-,15+. The van der Waals surface area contributed by atoms with Crippen LogP contribution < -0.4 is 5.32 Å². The van der Waals surface area contributed by atoms with E-state index in [1.807, 2.05) is 12.2 Å². The number of hydrogen-bond donors (Lipinski definition) is 1. The third kappa shape index (κ3) is 4.05. The van der Waals surface area contributed by atoms with E-state index in [2.05, 4.69) is 5.32 Å². The number of benzene rings is 1. The number of amides is 4. The Labute approximate surface area is 155 Å². The smallest absolute Gasteiger partial charge is 0.243 e. The molecule has 2 atom stereocenters. The summed E-state index contributed by atoms with van der Waals surface area (Å²) >= 11 is 0. The molecule has 0 bridgehead atoms. The average Bonchev–Trinajstić information content (AvgIpc) is 2.87. The molecule has 1 N–H and O–H groups in total. The van der Waals surface area contributed by atoms with Crippen LogP contribution in [0.3, 0.4) is 0 Å². The molecule has 0 unspecified atom stereocenters. The van der Waals surface area contributed by atoms with E-state index in [1.165, 1.54) is 25.2 Å². The molecule has 8 heteroatoms. The molecule has 3 rings (SSSR count). The van der Waals surface area contributed by atoms with Crippen LogP contribution in [0.1, 0.15) is 12.8 Å². The molecule has 1 aliphatic carbocycles. The second-order valence-corrected chi connectivity index (χ2v) is 6.73. The Morgan fingerprint density at radius 1 is 1.19 bits per heavy atom. The number of likely N-dealkylation sites (N-methyl/N-ethyl adjacent to an activating group) is 1. The normalized spacial score (nSPS) is 21.2. The first-order valence-electron chi connectivity index (χ1n) is 8.66. The van der Waals surface area contributed by atoms with Crippen molar-refractivity contribution < 1.29 is 23.6 Å². The van der Waals surface area contributed by atoms with Crippen LogP contribution in [0.4, 0.5) is 10.1 Å². The lowest BCUT2D eigenvalue weighted by Gasteiger charge is -2.20. The van der Waals surface area contributed by atoms with Gasteiger partial charge >= 0.3 is 0 Å². The molecule has 142 valence electrons. The van der Waals surface area contributed by atoms with Crippen molar-refractivity contribution in [1.82, 2.24) is 9.80 Å². The Hall–Kier alpha value is -3.03. The zero-order chi connectivity index (χ0) is 19.6. The van der Waals surface area contributed by atoms with E-state index in [9.17, 15) is 23.6 Å². The van der Waals surface area contributed by atoms with Gasteiger partial charge in [-0.15, -0.1) is 0 Å². The maximum atomic E-state index is 13.1. The quantitative estimate of drug-likeness (QED) is 0.620. The van der Waals surface area contributed by atoms with E-state index < -0.39 is 29.5 Å². The van der Waals surface area contributed by atoms with Crippen LogP contribution in [0, 0.1) is 17.7 Å². The molecule has 4 amide bonds. The zero-order valence-corrected chi connectivity index (χ0v) is 14.9. The second-order valence-electron chi connectivity index (χ2n) is 6.73. The van der Waals surface area contributed by atoms with Crippen molar-refractivity contribution in [3.05, 3.63) is 42.2 Å². The van der Waals surface area contributed by atoms with Gasteiger partial charge in [0.1, 0.15) is 12.4 Å². The van der Waals surface area contributed by atoms with Crippen LogP contribution in [-0.2, 0) is 19.2 Å². The number of anilines is 1. The molecule has 1 fully saturated rings. The minimum absolute atomic E-state index is 0.278. The van der Waals surface area contributed by atoms with E-state index in [0.29, 0.717) is 12.8 Å². The summed E-state index contributed by atoms with van der Waals surface area (Å²) in [6, 6.07) is 5.40. The zero-order valence-electron chi connectivity index (χ0n) is 14.9. The molecule has 2 aliphatic rings. The summed E-state index contributed by atoms with van der Waals surface area (Å²) in [7, 11) is 1.41. The monoisotopic (exact) mass is 373 g/mol. The van der Waals surface area contributed by atoms with Crippen LogP contribution in [0.5, 0.6) is 0 Å². The highest BCUT2D eigenvalue weighted by atomic mass is 19.1. The summed E-state index contributed by atoms with van der Waals surface area (Å²) in [5.41, 5.74) is 0.280. The third-order valence-electron chi connectivity index (χ3n) is 4.81. The highest BCUT2D eigenvalue weighted by Gasteiger charge is 2.47. The summed E-state index contributed by atoms with van der Waals surface area (Å²) in [4.78, 5) is 51.3. The Bertz CT molecular complexity index is 797. The van der Waals surface area contributed by atoms with E-state index in [4.69, 9.17) is 0 Å². The van der Waals surface area contributed by atoms with Gasteiger partial charge in [-0.3, -0.25) is 24.1 Å². The van der Waals surface area contributed by atoms with Gasteiger partial charge in [0, 0.05) is 12.7 Å². The van der Waals surface area contributed by atoms with Gasteiger partial charge in [0.2, 0.25) is 23.6 Å². The molecular weight excluding hydrogens is 353 g/mol. The van der Waals surface area contributed by atoms with Crippen molar-refractivity contribution in [2.45, 2.75) is 12.8 Å². The van der Waals surface area contributed by atoms with Gasteiger partial charge in [0.05, 0.1) is 18.4 Å². The van der Waals surface area contributed by atoms with Crippen molar-refractivity contribution in [3.63, 3.8) is 0 Å². The lowest BCUT2D eigenvalue weighted by atomic mass is 9.85. The SMILES string of the molecule is CN(CC(=O)Nc1cccc(F)c1)C(=O)CN1C(=O)[C@H]2CC=CC[C@H]2C1=O. The molecule has 0 saturated carbocycles. The number of carbonyl (C=O) groups is 4. The molecule has 1 saturated heterocycles. The number of halogens is 1. The van der Waals surface area contributed by atoms with Gasteiger partial charge in [-0.05, 0) is 31.0 Å². The number of rotatable bonds is 5. The second kappa shape index (κ2) is 7.69.